The lowest BCUT2D eigenvalue weighted by atomic mass is 10.2. The molecule has 0 radical (unpaired) electrons. The smallest absolute Gasteiger partial charge is 0.251 e. The molecule has 2 nitrogen and oxygen atoms in total. The maximum Gasteiger partial charge on any atom is 0.251 e. The van der Waals surface area contributed by atoms with Gasteiger partial charge in [-0.25, -0.2) is 8.78 Å². The molecule has 0 amide bonds. The van der Waals surface area contributed by atoms with Crippen LogP contribution in [0, 0.1) is 0 Å². The monoisotopic (exact) mass is 206 g/mol. The summed E-state index contributed by atoms with van der Waals surface area (Å²) in [6.45, 7) is 10.5. The van der Waals surface area contributed by atoms with Crippen molar-refractivity contribution in [2.75, 3.05) is 19.6 Å². The molecule has 0 saturated carbocycles. The predicted molar refractivity (Wildman–Crippen MR) is 55.5 cm³/mol. The first-order valence-electron chi connectivity index (χ1n) is 4.89. The Bertz CT molecular complexity index is 172. The van der Waals surface area contributed by atoms with Gasteiger partial charge in [0, 0.05) is 18.3 Å². The second-order valence-corrected chi connectivity index (χ2v) is 3.49. The van der Waals surface area contributed by atoms with Crippen molar-refractivity contribution >= 4 is 0 Å². The van der Waals surface area contributed by atoms with Crippen molar-refractivity contribution in [3.63, 3.8) is 0 Å². The van der Waals surface area contributed by atoms with E-state index in [0.717, 1.165) is 5.70 Å². The van der Waals surface area contributed by atoms with Gasteiger partial charge in [0.05, 0.1) is 6.54 Å². The highest BCUT2D eigenvalue weighted by Gasteiger charge is 2.15. The summed E-state index contributed by atoms with van der Waals surface area (Å²) in [5, 5.41) is 3.05. The van der Waals surface area contributed by atoms with Gasteiger partial charge in [0.2, 0.25) is 0 Å². The number of halogens is 2. The first kappa shape index (κ1) is 13.4. The third kappa shape index (κ3) is 5.91. The molecule has 0 aromatic rings. The second-order valence-electron chi connectivity index (χ2n) is 3.49. The number of hydrogen-bond acceptors (Lipinski definition) is 2. The van der Waals surface area contributed by atoms with Crippen molar-refractivity contribution in [3.05, 3.63) is 12.3 Å². The van der Waals surface area contributed by atoms with Gasteiger partial charge in [-0.15, -0.1) is 0 Å². The zero-order valence-electron chi connectivity index (χ0n) is 9.19. The van der Waals surface area contributed by atoms with Gasteiger partial charge >= 0.3 is 0 Å². The summed E-state index contributed by atoms with van der Waals surface area (Å²) in [5.41, 5.74) is 0.866. The van der Waals surface area contributed by atoms with Crippen LogP contribution in [0.2, 0.25) is 0 Å². The van der Waals surface area contributed by atoms with E-state index >= 15 is 0 Å². The first-order valence-corrected chi connectivity index (χ1v) is 4.89. The molecular weight excluding hydrogens is 186 g/mol. The number of rotatable bonds is 7. The number of nitrogens with zero attached hydrogens (tertiary/aromatic N) is 1. The lowest BCUT2D eigenvalue weighted by molar-refractivity contribution is 0.0728. The largest absolute Gasteiger partial charge is 0.387 e. The number of nitrogens with one attached hydrogen (secondary N) is 1. The van der Waals surface area contributed by atoms with Crippen molar-refractivity contribution < 1.29 is 8.78 Å². The van der Waals surface area contributed by atoms with Crippen LogP contribution in [0.25, 0.3) is 0 Å². The number of hydrogen-bond donors (Lipinski definition) is 1. The molecule has 0 unspecified atom stereocenters. The van der Waals surface area contributed by atoms with E-state index < -0.39 is 6.43 Å². The Labute approximate surface area is 85.0 Å². The average Bonchev–Trinajstić information content (AvgIpc) is 2.09. The molecule has 0 aliphatic carbocycles. The van der Waals surface area contributed by atoms with E-state index in [0.29, 0.717) is 13.1 Å². The normalized spacial score (nSPS) is 13.4. The molecule has 14 heavy (non-hydrogen) atoms. The minimum absolute atomic E-state index is 0.103. The van der Waals surface area contributed by atoms with Crippen molar-refractivity contribution in [1.82, 2.24) is 10.2 Å². The van der Waals surface area contributed by atoms with Gasteiger partial charge in [0.25, 0.3) is 6.43 Å². The van der Waals surface area contributed by atoms with Gasteiger partial charge < -0.3 is 5.32 Å². The molecule has 1 N–H and O–H groups in total. The van der Waals surface area contributed by atoms with E-state index in [1.807, 2.05) is 20.8 Å². The van der Waals surface area contributed by atoms with Crippen molar-refractivity contribution in [2.45, 2.75) is 33.2 Å². The highest BCUT2D eigenvalue weighted by Crippen LogP contribution is 2.03. The fraction of sp³-hybridized carbons (Fsp3) is 0.800. The Morgan fingerprint density at radius 3 is 2.43 bits per heavy atom. The topological polar surface area (TPSA) is 15.3 Å². The predicted octanol–water partition coefficient (Wildman–Crippen LogP) is 2.09. The van der Waals surface area contributed by atoms with Crippen LogP contribution in [0.1, 0.15) is 20.8 Å². The van der Waals surface area contributed by atoms with Gasteiger partial charge in [-0.3, -0.25) is 4.90 Å². The Morgan fingerprint density at radius 2 is 2.07 bits per heavy atom. The standard InChI is InChI=1S/C10H20F2N2/c1-5-14(7-10(11)12)9(4)6-13-8(2)3/h9-10,13H,2,5-7H2,1,3-4H3/t9-/m0/s1. The van der Waals surface area contributed by atoms with Crippen LogP contribution in [-0.4, -0.2) is 37.0 Å². The Kier molecular flexibility index (Phi) is 6.45. The lowest BCUT2D eigenvalue weighted by Crippen LogP contribution is -2.42. The fourth-order valence-corrected chi connectivity index (χ4v) is 1.25. The van der Waals surface area contributed by atoms with Crippen molar-refractivity contribution in [1.29, 1.82) is 0 Å². The second kappa shape index (κ2) is 6.76. The highest BCUT2D eigenvalue weighted by molar-refractivity contribution is 4.86. The zero-order valence-corrected chi connectivity index (χ0v) is 9.19. The van der Waals surface area contributed by atoms with Crippen LogP contribution in [0.15, 0.2) is 12.3 Å². The van der Waals surface area contributed by atoms with Crippen LogP contribution in [0.4, 0.5) is 8.78 Å². The first-order chi connectivity index (χ1) is 6.47. The summed E-state index contributed by atoms with van der Waals surface area (Å²) in [4.78, 5) is 1.75. The van der Waals surface area contributed by atoms with Crippen LogP contribution in [0.5, 0.6) is 0 Å². The molecule has 0 aromatic heterocycles. The molecule has 0 rings (SSSR count). The van der Waals surface area contributed by atoms with Gasteiger partial charge in [-0.1, -0.05) is 13.5 Å². The molecule has 1 atom stereocenters. The van der Waals surface area contributed by atoms with Crippen LogP contribution >= 0.6 is 0 Å². The van der Waals surface area contributed by atoms with Gasteiger partial charge in [-0.05, 0) is 20.4 Å². The number of allylic oxidation sites excluding steroid dienone is 1. The molecule has 0 fully saturated rings. The van der Waals surface area contributed by atoms with Crippen LogP contribution < -0.4 is 5.32 Å². The SMILES string of the molecule is C=C(C)NC[C@H](C)N(CC)CC(F)F. The molecule has 0 saturated heterocycles. The summed E-state index contributed by atoms with van der Waals surface area (Å²) in [6, 6.07) is 0.103. The van der Waals surface area contributed by atoms with E-state index in [-0.39, 0.29) is 12.6 Å². The maximum absolute atomic E-state index is 12.2. The maximum atomic E-state index is 12.2. The molecule has 0 spiro atoms. The Balaban J connectivity index is 3.90. The highest BCUT2D eigenvalue weighted by atomic mass is 19.3. The third-order valence-electron chi connectivity index (χ3n) is 2.10. The Hall–Kier alpha value is -0.640. The van der Waals surface area contributed by atoms with Crippen molar-refractivity contribution in [2.24, 2.45) is 0 Å². The fourth-order valence-electron chi connectivity index (χ4n) is 1.25. The summed E-state index contributed by atoms with van der Waals surface area (Å²) in [6.07, 6.45) is -2.26. The molecule has 84 valence electrons. The zero-order chi connectivity index (χ0) is 11.1. The molecule has 0 bridgehead atoms. The molecule has 4 heteroatoms. The van der Waals surface area contributed by atoms with Gasteiger partial charge in [0.1, 0.15) is 0 Å². The van der Waals surface area contributed by atoms with E-state index in [4.69, 9.17) is 0 Å². The van der Waals surface area contributed by atoms with E-state index in [1.165, 1.54) is 0 Å². The van der Waals surface area contributed by atoms with E-state index in [9.17, 15) is 8.78 Å². The molecule has 0 aliphatic rings. The quantitative estimate of drug-likeness (QED) is 0.686. The summed E-state index contributed by atoms with van der Waals surface area (Å²) in [7, 11) is 0. The number of alkyl halides is 2. The minimum atomic E-state index is -2.26. The van der Waals surface area contributed by atoms with Crippen LogP contribution in [-0.2, 0) is 0 Å². The van der Waals surface area contributed by atoms with E-state index in [2.05, 4.69) is 11.9 Å². The summed E-state index contributed by atoms with van der Waals surface area (Å²) < 4.78 is 24.3. The van der Waals surface area contributed by atoms with Gasteiger partial charge in [0.15, 0.2) is 0 Å². The van der Waals surface area contributed by atoms with Crippen LogP contribution in [0.3, 0.4) is 0 Å². The Morgan fingerprint density at radius 1 is 1.50 bits per heavy atom. The van der Waals surface area contributed by atoms with Crippen molar-refractivity contribution in [3.8, 4) is 0 Å². The molecule has 0 aromatic carbocycles. The average molecular weight is 206 g/mol. The molecular formula is C10H20F2N2. The summed E-state index contributed by atoms with van der Waals surface area (Å²) >= 11 is 0. The lowest BCUT2D eigenvalue weighted by Gasteiger charge is -2.27. The number of likely N-dealkylation sites (N-methyl/N-ethyl adjacent to an activating group) is 1. The summed E-state index contributed by atoms with van der Waals surface area (Å²) in [5.74, 6) is 0. The third-order valence-corrected chi connectivity index (χ3v) is 2.10. The van der Waals surface area contributed by atoms with E-state index in [1.54, 1.807) is 4.90 Å². The van der Waals surface area contributed by atoms with Gasteiger partial charge in [-0.2, -0.15) is 0 Å². The molecule has 0 aliphatic heterocycles. The minimum Gasteiger partial charge on any atom is -0.387 e. The molecule has 0 heterocycles.